The lowest BCUT2D eigenvalue weighted by Crippen LogP contribution is -2.21. The molecule has 0 bridgehead atoms. The summed E-state index contributed by atoms with van der Waals surface area (Å²) in [5.41, 5.74) is 1.96. The van der Waals surface area contributed by atoms with Gasteiger partial charge in [0, 0.05) is 28.0 Å². The molecule has 0 saturated carbocycles. The molecule has 146 valence electrons. The van der Waals surface area contributed by atoms with Crippen LogP contribution in [0, 0.1) is 6.92 Å². The molecule has 0 saturated heterocycles. The van der Waals surface area contributed by atoms with Gasteiger partial charge in [0.15, 0.2) is 10.9 Å². The van der Waals surface area contributed by atoms with E-state index in [4.69, 9.17) is 23.2 Å². The highest BCUT2D eigenvalue weighted by molar-refractivity contribution is 7.99. The number of ketones is 1. The van der Waals surface area contributed by atoms with E-state index in [0.717, 1.165) is 5.56 Å². The van der Waals surface area contributed by atoms with E-state index in [1.54, 1.807) is 53.2 Å². The number of carbonyl (C=O) groups excluding carboxylic acids is 1. The molecule has 2 aromatic heterocycles. The summed E-state index contributed by atoms with van der Waals surface area (Å²) in [4.78, 5) is 25.3. The number of fused-ring (bicyclic) bond motifs is 1. The quantitative estimate of drug-likeness (QED) is 0.335. The normalized spacial score (nSPS) is 11.1. The fourth-order valence-corrected chi connectivity index (χ4v) is 4.04. The number of hydrogen-bond acceptors (Lipinski definition) is 5. The molecule has 2 aromatic carbocycles. The molecule has 0 amide bonds. The van der Waals surface area contributed by atoms with Crippen LogP contribution in [0.2, 0.25) is 10.0 Å². The summed E-state index contributed by atoms with van der Waals surface area (Å²) in [6.07, 6.45) is 3.34. The Hall–Kier alpha value is -2.61. The van der Waals surface area contributed by atoms with Crippen molar-refractivity contribution in [3.05, 3.63) is 86.4 Å². The van der Waals surface area contributed by atoms with Gasteiger partial charge in [-0.1, -0.05) is 53.2 Å². The summed E-state index contributed by atoms with van der Waals surface area (Å²) in [6, 6.07) is 12.1. The molecular weight excluding hydrogens is 431 g/mol. The molecule has 0 spiro atoms. The van der Waals surface area contributed by atoms with Crippen molar-refractivity contribution in [1.82, 2.24) is 19.2 Å². The van der Waals surface area contributed by atoms with Gasteiger partial charge in [-0.15, -0.1) is 10.2 Å². The molecule has 0 radical (unpaired) electrons. The number of hydrogen-bond donors (Lipinski definition) is 0. The maximum atomic E-state index is 12.9. The summed E-state index contributed by atoms with van der Waals surface area (Å²) >= 11 is 13.2. The molecule has 0 aliphatic heterocycles. The molecule has 0 atom stereocenters. The first-order chi connectivity index (χ1) is 13.9. The van der Waals surface area contributed by atoms with Crippen molar-refractivity contribution in [2.45, 2.75) is 12.1 Å². The minimum Gasteiger partial charge on any atom is -0.293 e. The van der Waals surface area contributed by atoms with Gasteiger partial charge < -0.3 is 0 Å². The molecule has 0 aliphatic rings. The van der Waals surface area contributed by atoms with Gasteiger partial charge >= 0.3 is 5.56 Å². The summed E-state index contributed by atoms with van der Waals surface area (Å²) in [6.45, 7) is 1.90. The number of halogens is 2. The van der Waals surface area contributed by atoms with Crippen molar-refractivity contribution in [3.8, 4) is 5.69 Å². The van der Waals surface area contributed by atoms with E-state index in [0.29, 0.717) is 26.5 Å². The fraction of sp³-hybridized carbons (Fsp3) is 0.100. The minimum absolute atomic E-state index is 0.0860. The summed E-state index contributed by atoms with van der Waals surface area (Å²) in [5, 5.41) is 9.59. The maximum Gasteiger partial charge on any atom is 0.300 e. The molecule has 0 N–H and O–H groups in total. The molecule has 0 unspecified atom stereocenters. The molecule has 0 fully saturated rings. The lowest BCUT2D eigenvalue weighted by molar-refractivity contribution is 0.102. The van der Waals surface area contributed by atoms with E-state index in [1.807, 2.05) is 13.0 Å². The summed E-state index contributed by atoms with van der Waals surface area (Å²) in [7, 11) is 0. The Kier molecular flexibility index (Phi) is 5.45. The second kappa shape index (κ2) is 8.02. The van der Waals surface area contributed by atoms with Crippen molar-refractivity contribution in [1.29, 1.82) is 0 Å². The Balaban J connectivity index is 1.63. The number of nitrogens with zero attached hydrogens (tertiary/aromatic N) is 4. The lowest BCUT2D eigenvalue weighted by atomic mass is 10.1. The highest BCUT2D eigenvalue weighted by atomic mass is 35.5. The van der Waals surface area contributed by atoms with E-state index in [-0.39, 0.29) is 22.7 Å². The van der Waals surface area contributed by atoms with Crippen LogP contribution in [0.5, 0.6) is 0 Å². The molecule has 29 heavy (non-hydrogen) atoms. The van der Waals surface area contributed by atoms with Gasteiger partial charge in [0.05, 0.1) is 11.4 Å². The van der Waals surface area contributed by atoms with Gasteiger partial charge in [0.25, 0.3) is 0 Å². The van der Waals surface area contributed by atoms with Crippen LogP contribution in [0.3, 0.4) is 0 Å². The van der Waals surface area contributed by atoms with Gasteiger partial charge in [0.1, 0.15) is 0 Å². The number of benzene rings is 2. The number of aryl methyl sites for hydroxylation is 1. The zero-order chi connectivity index (χ0) is 20.5. The van der Waals surface area contributed by atoms with Gasteiger partial charge in [-0.2, -0.15) is 0 Å². The third-order valence-corrected chi connectivity index (χ3v) is 5.76. The van der Waals surface area contributed by atoms with E-state index in [1.165, 1.54) is 16.3 Å². The Labute approximate surface area is 180 Å². The van der Waals surface area contributed by atoms with E-state index in [9.17, 15) is 9.59 Å². The number of carbonyl (C=O) groups is 1. The first-order valence-corrected chi connectivity index (χ1v) is 10.3. The zero-order valence-corrected chi connectivity index (χ0v) is 17.5. The second-order valence-corrected chi connectivity index (χ2v) is 8.12. The van der Waals surface area contributed by atoms with Crippen molar-refractivity contribution < 1.29 is 4.79 Å². The largest absolute Gasteiger partial charge is 0.300 e. The monoisotopic (exact) mass is 444 g/mol. The van der Waals surface area contributed by atoms with Crippen LogP contribution in [0.1, 0.15) is 15.9 Å². The molecule has 6 nitrogen and oxygen atoms in total. The van der Waals surface area contributed by atoms with Crippen LogP contribution in [0.15, 0.2) is 64.8 Å². The van der Waals surface area contributed by atoms with E-state index >= 15 is 0 Å². The maximum absolute atomic E-state index is 12.9. The first-order valence-electron chi connectivity index (χ1n) is 8.58. The molecule has 4 rings (SSSR count). The zero-order valence-electron chi connectivity index (χ0n) is 15.2. The van der Waals surface area contributed by atoms with E-state index < -0.39 is 0 Å². The highest BCUT2D eigenvalue weighted by Gasteiger charge is 2.15. The molecule has 4 aromatic rings. The Bertz CT molecular complexity index is 1300. The number of rotatable bonds is 5. The number of Topliss-reactive ketones (excluding diaryl/α,β-unsaturated/α-hetero) is 1. The van der Waals surface area contributed by atoms with Crippen LogP contribution in [0.4, 0.5) is 0 Å². The second-order valence-electron chi connectivity index (χ2n) is 6.30. The number of aromatic nitrogens is 4. The Morgan fingerprint density at radius 2 is 1.86 bits per heavy atom. The highest BCUT2D eigenvalue weighted by Crippen LogP contribution is 2.21. The van der Waals surface area contributed by atoms with Crippen molar-refractivity contribution in [3.63, 3.8) is 0 Å². The average Bonchev–Trinajstić information content (AvgIpc) is 3.12. The lowest BCUT2D eigenvalue weighted by Gasteiger charge is -2.10. The van der Waals surface area contributed by atoms with Crippen LogP contribution in [-0.2, 0) is 0 Å². The molecule has 9 heteroatoms. The van der Waals surface area contributed by atoms with Crippen molar-refractivity contribution in [2.75, 3.05) is 5.75 Å². The van der Waals surface area contributed by atoms with Gasteiger partial charge in [-0.3, -0.25) is 18.6 Å². The van der Waals surface area contributed by atoms with Gasteiger partial charge in [-0.05, 0) is 36.8 Å². The summed E-state index contributed by atoms with van der Waals surface area (Å²) in [5.74, 6) is 0.0644. The molecule has 2 heterocycles. The van der Waals surface area contributed by atoms with Crippen molar-refractivity contribution >= 4 is 46.4 Å². The van der Waals surface area contributed by atoms with Crippen LogP contribution >= 0.6 is 35.0 Å². The fourth-order valence-electron chi connectivity index (χ4n) is 2.87. The van der Waals surface area contributed by atoms with Gasteiger partial charge in [0.2, 0.25) is 5.65 Å². The van der Waals surface area contributed by atoms with Crippen LogP contribution < -0.4 is 5.56 Å². The molecule has 0 aliphatic carbocycles. The van der Waals surface area contributed by atoms with Crippen LogP contribution in [0.25, 0.3) is 11.3 Å². The topological polar surface area (TPSA) is 69.3 Å². The first kappa shape index (κ1) is 19.7. The molecular formula is C20H14Cl2N4O2S. The predicted octanol–water partition coefficient (Wildman–Crippen LogP) is 4.47. The van der Waals surface area contributed by atoms with Gasteiger partial charge in [-0.25, -0.2) is 0 Å². The SMILES string of the molecule is Cc1ccc(Cl)cc1-n1ccn2c(SCC(=O)c3cccc(Cl)c3)nnc2c1=O. The summed E-state index contributed by atoms with van der Waals surface area (Å²) < 4.78 is 3.06. The predicted molar refractivity (Wildman–Crippen MR) is 115 cm³/mol. The van der Waals surface area contributed by atoms with Crippen molar-refractivity contribution in [2.24, 2.45) is 0 Å². The standard InChI is InChI=1S/C20H14Cl2N4O2S/c1-12-5-6-15(22)10-16(12)25-7-8-26-18(19(25)28)23-24-20(26)29-11-17(27)13-3-2-4-14(21)9-13/h2-10H,11H2,1H3. The smallest absolute Gasteiger partial charge is 0.293 e. The van der Waals surface area contributed by atoms with Crippen LogP contribution in [-0.4, -0.2) is 30.7 Å². The number of thioether (sulfide) groups is 1. The Morgan fingerprint density at radius 3 is 2.66 bits per heavy atom. The third kappa shape index (κ3) is 3.94. The average molecular weight is 445 g/mol. The van der Waals surface area contributed by atoms with E-state index in [2.05, 4.69) is 10.2 Å². The minimum atomic E-state index is -0.321. The Morgan fingerprint density at radius 1 is 1.07 bits per heavy atom. The third-order valence-electron chi connectivity index (χ3n) is 4.35.